The Hall–Kier alpha value is -1.89. The van der Waals surface area contributed by atoms with E-state index < -0.39 is 11.1 Å². The van der Waals surface area contributed by atoms with E-state index in [4.69, 9.17) is 11.6 Å². The predicted molar refractivity (Wildman–Crippen MR) is 85.4 cm³/mol. The number of aromatic amines is 2. The molecule has 0 saturated carbocycles. The molecule has 5 nitrogen and oxygen atoms in total. The van der Waals surface area contributed by atoms with Crippen molar-refractivity contribution >= 4 is 34.0 Å². The fourth-order valence-corrected chi connectivity index (χ4v) is 3.47. The highest BCUT2D eigenvalue weighted by Gasteiger charge is 2.15. The molecule has 1 unspecified atom stereocenters. The van der Waals surface area contributed by atoms with Gasteiger partial charge in [0.1, 0.15) is 0 Å². The van der Waals surface area contributed by atoms with Gasteiger partial charge >= 0.3 is 11.1 Å². The molecule has 0 saturated heterocycles. The van der Waals surface area contributed by atoms with E-state index in [2.05, 4.69) is 15.3 Å². The Labute approximate surface area is 128 Å². The van der Waals surface area contributed by atoms with Crippen LogP contribution in [0.3, 0.4) is 0 Å². The third-order valence-electron chi connectivity index (χ3n) is 3.25. The largest absolute Gasteiger partial charge is 0.316 e. The monoisotopic (exact) mass is 321 g/mol. The SMILES string of the molecule is CNC(c1ccc2[nH]c(=O)c(=O)[nH]c2c1)c1ccc(Cl)s1. The van der Waals surface area contributed by atoms with Crippen LogP contribution in [0.4, 0.5) is 0 Å². The number of thiophene rings is 1. The minimum Gasteiger partial charge on any atom is -0.316 e. The van der Waals surface area contributed by atoms with Crippen molar-refractivity contribution in [2.24, 2.45) is 0 Å². The van der Waals surface area contributed by atoms with Crippen molar-refractivity contribution in [3.05, 3.63) is 65.8 Å². The average Bonchev–Trinajstić information content (AvgIpc) is 2.87. The summed E-state index contributed by atoms with van der Waals surface area (Å²) in [7, 11) is 1.86. The van der Waals surface area contributed by atoms with Gasteiger partial charge in [0.15, 0.2) is 0 Å². The van der Waals surface area contributed by atoms with E-state index in [1.54, 1.807) is 6.07 Å². The first kappa shape index (κ1) is 14.1. The van der Waals surface area contributed by atoms with Gasteiger partial charge in [0, 0.05) is 4.88 Å². The molecule has 108 valence electrons. The van der Waals surface area contributed by atoms with Crippen LogP contribution in [-0.2, 0) is 0 Å². The molecular weight excluding hydrogens is 310 g/mol. The number of hydrogen-bond acceptors (Lipinski definition) is 4. The summed E-state index contributed by atoms with van der Waals surface area (Å²) in [4.78, 5) is 28.9. The van der Waals surface area contributed by atoms with Gasteiger partial charge in [-0.25, -0.2) is 0 Å². The average molecular weight is 322 g/mol. The lowest BCUT2D eigenvalue weighted by atomic mass is 10.0. The molecule has 0 spiro atoms. The molecule has 2 heterocycles. The van der Waals surface area contributed by atoms with E-state index >= 15 is 0 Å². The summed E-state index contributed by atoms with van der Waals surface area (Å²) in [5, 5.41) is 3.23. The molecule has 0 radical (unpaired) electrons. The van der Waals surface area contributed by atoms with Crippen LogP contribution in [0, 0.1) is 0 Å². The molecule has 0 amide bonds. The van der Waals surface area contributed by atoms with Gasteiger partial charge in [0.2, 0.25) is 0 Å². The van der Waals surface area contributed by atoms with Crippen molar-refractivity contribution in [3.8, 4) is 0 Å². The summed E-state index contributed by atoms with van der Waals surface area (Å²) < 4.78 is 0.726. The molecule has 2 aromatic heterocycles. The molecule has 3 N–H and O–H groups in total. The van der Waals surface area contributed by atoms with Crippen molar-refractivity contribution < 1.29 is 0 Å². The Bertz CT molecular complexity index is 912. The topological polar surface area (TPSA) is 77.8 Å². The highest BCUT2D eigenvalue weighted by Crippen LogP contribution is 2.31. The number of rotatable bonds is 3. The van der Waals surface area contributed by atoms with Gasteiger partial charge in [0.25, 0.3) is 0 Å². The van der Waals surface area contributed by atoms with Crippen LogP contribution < -0.4 is 16.4 Å². The first-order valence-corrected chi connectivity index (χ1v) is 7.46. The Kier molecular flexibility index (Phi) is 3.67. The van der Waals surface area contributed by atoms with E-state index in [-0.39, 0.29) is 6.04 Å². The van der Waals surface area contributed by atoms with Crippen molar-refractivity contribution in [1.82, 2.24) is 15.3 Å². The lowest BCUT2D eigenvalue weighted by molar-refractivity contribution is 0.704. The van der Waals surface area contributed by atoms with Crippen LogP contribution >= 0.6 is 22.9 Å². The molecule has 0 aliphatic carbocycles. The normalized spacial score (nSPS) is 12.7. The second-order valence-corrected chi connectivity index (χ2v) is 6.32. The Morgan fingerprint density at radius 1 is 1.10 bits per heavy atom. The standard InChI is InChI=1S/C14H12ClN3O2S/c1-16-12(10-4-5-11(15)21-10)7-2-3-8-9(6-7)18-14(20)13(19)17-8/h2-6,12,16H,1H3,(H,17,19)(H,18,20). The van der Waals surface area contributed by atoms with Crippen LogP contribution in [0.15, 0.2) is 39.9 Å². The fourth-order valence-electron chi connectivity index (χ4n) is 2.27. The second kappa shape index (κ2) is 5.48. The van der Waals surface area contributed by atoms with Gasteiger partial charge < -0.3 is 15.3 Å². The zero-order valence-electron chi connectivity index (χ0n) is 11.1. The number of fused-ring (bicyclic) bond motifs is 1. The highest BCUT2D eigenvalue weighted by atomic mass is 35.5. The van der Waals surface area contributed by atoms with Gasteiger partial charge in [-0.05, 0) is 36.9 Å². The van der Waals surface area contributed by atoms with E-state index in [1.807, 2.05) is 31.3 Å². The zero-order chi connectivity index (χ0) is 15.0. The number of hydrogen-bond donors (Lipinski definition) is 3. The molecule has 21 heavy (non-hydrogen) atoms. The molecule has 3 aromatic rings. The highest BCUT2D eigenvalue weighted by molar-refractivity contribution is 7.16. The second-order valence-electron chi connectivity index (χ2n) is 4.58. The number of benzene rings is 1. The number of H-pyrrole nitrogens is 2. The zero-order valence-corrected chi connectivity index (χ0v) is 12.6. The number of aromatic nitrogens is 2. The van der Waals surface area contributed by atoms with Gasteiger partial charge in [0.05, 0.1) is 21.4 Å². The lowest BCUT2D eigenvalue weighted by Crippen LogP contribution is -2.29. The van der Waals surface area contributed by atoms with Crippen molar-refractivity contribution in [3.63, 3.8) is 0 Å². The minimum absolute atomic E-state index is 0.0256. The maximum atomic E-state index is 11.4. The molecule has 0 bridgehead atoms. The Morgan fingerprint density at radius 3 is 2.43 bits per heavy atom. The molecule has 1 aromatic carbocycles. The molecule has 1 atom stereocenters. The first-order chi connectivity index (χ1) is 10.1. The third kappa shape index (κ3) is 2.65. The van der Waals surface area contributed by atoms with Crippen LogP contribution in [0.2, 0.25) is 4.34 Å². The van der Waals surface area contributed by atoms with E-state index in [9.17, 15) is 9.59 Å². The predicted octanol–water partition coefficient (Wildman–Crippen LogP) is 2.24. The summed E-state index contributed by atoms with van der Waals surface area (Å²) in [5.41, 5.74) is 0.874. The quantitative estimate of drug-likeness (QED) is 0.647. The smallest absolute Gasteiger partial charge is 0.314 e. The molecule has 0 aliphatic heterocycles. The van der Waals surface area contributed by atoms with Gasteiger partial charge in [-0.2, -0.15) is 0 Å². The van der Waals surface area contributed by atoms with E-state index in [0.717, 1.165) is 14.8 Å². The molecule has 7 heteroatoms. The van der Waals surface area contributed by atoms with Crippen LogP contribution in [0.5, 0.6) is 0 Å². The third-order valence-corrected chi connectivity index (χ3v) is 4.54. The van der Waals surface area contributed by atoms with E-state index in [1.165, 1.54) is 11.3 Å². The Balaban J connectivity index is 2.13. The van der Waals surface area contributed by atoms with Crippen molar-refractivity contribution in [2.75, 3.05) is 7.05 Å². The molecule has 0 fully saturated rings. The minimum atomic E-state index is -0.653. The van der Waals surface area contributed by atoms with Crippen LogP contribution in [0.1, 0.15) is 16.5 Å². The molecule has 3 rings (SSSR count). The van der Waals surface area contributed by atoms with Gasteiger partial charge in [-0.3, -0.25) is 9.59 Å². The Morgan fingerprint density at radius 2 is 1.81 bits per heavy atom. The summed E-state index contributed by atoms with van der Waals surface area (Å²) in [6, 6.07) is 9.33. The summed E-state index contributed by atoms with van der Waals surface area (Å²) in [5.74, 6) is 0. The van der Waals surface area contributed by atoms with Gasteiger partial charge in [-0.15, -0.1) is 11.3 Å². The summed E-state index contributed by atoms with van der Waals surface area (Å²) >= 11 is 7.49. The molecule has 0 aliphatic rings. The van der Waals surface area contributed by atoms with E-state index in [0.29, 0.717) is 11.0 Å². The fraction of sp³-hybridized carbons (Fsp3) is 0.143. The van der Waals surface area contributed by atoms with Gasteiger partial charge in [-0.1, -0.05) is 17.7 Å². The van der Waals surface area contributed by atoms with Crippen molar-refractivity contribution in [2.45, 2.75) is 6.04 Å². The maximum Gasteiger partial charge on any atom is 0.314 e. The number of nitrogens with one attached hydrogen (secondary N) is 3. The molecular formula is C14H12ClN3O2S. The van der Waals surface area contributed by atoms with Crippen LogP contribution in [0.25, 0.3) is 11.0 Å². The number of halogens is 1. The first-order valence-electron chi connectivity index (χ1n) is 6.27. The van der Waals surface area contributed by atoms with Crippen LogP contribution in [-0.4, -0.2) is 17.0 Å². The van der Waals surface area contributed by atoms with Crippen molar-refractivity contribution in [1.29, 1.82) is 0 Å². The summed E-state index contributed by atoms with van der Waals surface area (Å²) in [6.45, 7) is 0. The summed E-state index contributed by atoms with van der Waals surface area (Å²) in [6.07, 6.45) is 0. The lowest BCUT2D eigenvalue weighted by Gasteiger charge is -2.15. The maximum absolute atomic E-state index is 11.4.